The first-order valence-corrected chi connectivity index (χ1v) is 3.94. The molecule has 0 bridgehead atoms. The summed E-state index contributed by atoms with van der Waals surface area (Å²) in [7, 11) is 1.97. The number of likely N-dealkylation sites (N-methyl/N-ethyl adjacent to an activating group) is 1. The van der Waals surface area contributed by atoms with E-state index in [9.17, 15) is 0 Å². The average molecular weight is 166 g/mol. The minimum absolute atomic E-state index is 0.292. The fourth-order valence-electron chi connectivity index (χ4n) is 1.03. The number of benzene rings is 1. The molecule has 3 heteroatoms. The zero-order chi connectivity index (χ0) is 8.97. The second-order valence-electron chi connectivity index (χ2n) is 2.73. The van der Waals surface area contributed by atoms with Crippen molar-refractivity contribution < 1.29 is 5.11 Å². The predicted octanol–water partition coefficient (Wildman–Crippen LogP) is 0.787. The van der Waals surface area contributed by atoms with Crippen LogP contribution in [0.15, 0.2) is 24.3 Å². The Bertz CT molecular complexity index is 233. The monoisotopic (exact) mass is 166 g/mol. The molecule has 0 aliphatic heterocycles. The maximum absolute atomic E-state index is 9.03. The van der Waals surface area contributed by atoms with Crippen molar-refractivity contribution in [3.63, 3.8) is 0 Å². The van der Waals surface area contributed by atoms with Crippen LogP contribution in [0.1, 0.15) is 0 Å². The number of hydrogen-bond acceptors (Lipinski definition) is 3. The fourth-order valence-corrected chi connectivity index (χ4v) is 1.03. The summed E-state index contributed by atoms with van der Waals surface area (Å²) in [4.78, 5) is 2.04. The van der Waals surface area contributed by atoms with Crippen LogP contribution in [0.2, 0.25) is 0 Å². The van der Waals surface area contributed by atoms with E-state index in [1.165, 1.54) is 0 Å². The van der Waals surface area contributed by atoms with E-state index < -0.39 is 0 Å². The van der Waals surface area contributed by atoms with Gasteiger partial charge < -0.3 is 15.7 Å². The highest BCUT2D eigenvalue weighted by Crippen LogP contribution is 2.16. The van der Waals surface area contributed by atoms with Crippen LogP contribution in [0.4, 0.5) is 5.69 Å². The van der Waals surface area contributed by atoms with Gasteiger partial charge in [0.05, 0.1) is 0 Å². The van der Waals surface area contributed by atoms with E-state index in [2.05, 4.69) is 0 Å². The zero-order valence-corrected chi connectivity index (χ0v) is 7.20. The van der Waals surface area contributed by atoms with Gasteiger partial charge in [-0.15, -0.1) is 0 Å². The molecule has 0 radical (unpaired) electrons. The van der Waals surface area contributed by atoms with E-state index in [1.54, 1.807) is 12.1 Å². The number of nitrogens with zero attached hydrogens (tertiary/aromatic N) is 1. The molecular formula is C9H14N2O. The third-order valence-corrected chi connectivity index (χ3v) is 1.75. The Morgan fingerprint density at radius 1 is 1.33 bits per heavy atom. The summed E-state index contributed by atoms with van der Waals surface area (Å²) in [5, 5.41) is 9.03. The van der Waals surface area contributed by atoms with E-state index in [4.69, 9.17) is 10.8 Å². The van der Waals surface area contributed by atoms with Gasteiger partial charge >= 0.3 is 0 Å². The first kappa shape index (κ1) is 8.87. The maximum Gasteiger partial charge on any atom is 0.115 e. The van der Waals surface area contributed by atoms with Gasteiger partial charge in [-0.2, -0.15) is 0 Å². The molecular weight excluding hydrogens is 152 g/mol. The highest BCUT2D eigenvalue weighted by molar-refractivity contribution is 5.47. The Morgan fingerprint density at radius 3 is 2.42 bits per heavy atom. The molecule has 0 aromatic heterocycles. The molecule has 1 rings (SSSR count). The Labute approximate surface area is 72.4 Å². The number of aromatic hydroxyl groups is 1. The number of anilines is 1. The molecule has 1 aromatic rings. The second-order valence-corrected chi connectivity index (χ2v) is 2.73. The molecule has 0 unspecified atom stereocenters. The van der Waals surface area contributed by atoms with Crippen LogP contribution in [0.5, 0.6) is 5.75 Å². The Morgan fingerprint density at radius 2 is 1.92 bits per heavy atom. The van der Waals surface area contributed by atoms with Crippen LogP contribution in [0.3, 0.4) is 0 Å². The molecule has 0 heterocycles. The Balaban J connectivity index is 2.68. The van der Waals surface area contributed by atoms with Crippen molar-refractivity contribution in [3.8, 4) is 5.75 Å². The largest absolute Gasteiger partial charge is 0.508 e. The van der Waals surface area contributed by atoms with Gasteiger partial charge in [-0.05, 0) is 24.3 Å². The first-order valence-electron chi connectivity index (χ1n) is 3.94. The molecule has 0 aliphatic rings. The summed E-state index contributed by atoms with van der Waals surface area (Å²) >= 11 is 0. The molecule has 0 saturated carbocycles. The average Bonchev–Trinajstić information content (AvgIpc) is 2.06. The lowest BCUT2D eigenvalue weighted by atomic mass is 10.3. The Kier molecular flexibility index (Phi) is 2.94. The van der Waals surface area contributed by atoms with Crippen molar-refractivity contribution in [2.24, 2.45) is 5.73 Å². The number of hydrogen-bond donors (Lipinski definition) is 2. The van der Waals surface area contributed by atoms with Gasteiger partial charge in [-0.25, -0.2) is 0 Å². The van der Waals surface area contributed by atoms with Crippen molar-refractivity contribution in [2.45, 2.75) is 0 Å². The van der Waals surface area contributed by atoms with Crippen LogP contribution in [0, 0.1) is 0 Å². The van der Waals surface area contributed by atoms with Crippen LogP contribution >= 0.6 is 0 Å². The fraction of sp³-hybridized carbons (Fsp3) is 0.333. The van der Waals surface area contributed by atoms with E-state index >= 15 is 0 Å². The summed E-state index contributed by atoms with van der Waals surface area (Å²) in [6.45, 7) is 1.46. The van der Waals surface area contributed by atoms with Gasteiger partial charge in [-0.1, -0.05) is 0 Å². The lowest BCUT2D eigenvalue weighted by Crippen LogP contribution is -2.24. The molecule has 0 aliphatic carbocycles. The van der Waals surface area contributed by atoms with Crippen LogP contribution in [-0.2, 0) is 0 Å². The van der Waals surface area contributed by atoms with Crippen molar-refractivity contribution >= 4 is 5.69 Å². The molecule has 0 spiro atoms. The summed E-state index contributed by atoms with van der Waals surface area (Å²) in [6.07, 6.45) is 0. The third-order valence-electron chi connectivity index (χ3n) is 1.75. The summed E-state index contributed by atoms with van der Waals surface area (Å²) < 4.78 is 0. The van der Waals surface area contributed by atoms with E-state index in [1.807, 2.05) is 24.1 Å². The Hall–Kier alpha value is -1.22. The molecule has 0 fully saturated rings. The third kappa shape index (κ3) is 2.13. The molecule has 0 atom stereocenters. The van der Waals surface area contributed by atoms with Crippen molar-refractivity contribution in [2.75, 3.05) is 25.0 Å². The predicted molar refractivity (Wildman–Crippen MR) is 50.4 cm³/mol. The smallest absolute Gasteiger partial charge is 0.115 e. The van der Waals surface area contributed by atoms with Crippen LogP contribution in [-0.4, -0.2) is 25.2 Å². The van der Waals surface area contributed by atoms with Gasteiger partial charge in [0.25, 0.3) is 0 Å². The standard InChI is InChI=1S/C9H14N2O/c1-11(7-6-10)8-2-4-9(12)5-3-8/h2-5,12H,6-7,10H2,1H3. The lowest BCUT2D eigenvalue weighted by Gasteiger charge is -2.17. The van der Waals surface area contributed by atoms with Crippen molar-refractivity contribution in [3.05, 3.63) is 24.3 Å². The number of rotatable bonds is 3. The van der Waals surface area contributed by atoms with Gasteiger partial charge in [0.2, 0.25) is 0 Å². The molecule has 0 amide bonds. The maximum atomic E-state index is 9.03. The van der Waals surface area contributed by atoms with Crippen LogP contribution in [0.25, 0.3) is 0 Å². The SMILES string of the molecule is CN(CCN)c1ccc(O)cc1. The topological polar surface area (TPSA) is 49.5 Å². The molecule has 3 nitrogen and oxygen atoms in total. The molecule has 12 heavy (non-hydrogen) atoms. The number of nitrogens with two attached hydrogens (primary N) is 1. The number of phenolic OH excluding ortho intramolecular Hbond substituents is 1. The molecule has 66 valence electrons. The minimum atomic E-state index is 0.292. The zero-order valence-electron chi connectivity index (χ0n) is 7.20. The van der Waals surface area contributed by atoms with Gasteiger partial charge in [0.1, 0.15) is 5.75 Å². The second kappa shape index (κ2) is 3.97. The highest BCUT2D eigenvalue weighted by atomic mass is 16.3. The molecule has 1 aromatic carbocycles. The van der Waals surface area contributed by atoms with Crippen molar-refractivity contribution in [1.29, 1.82) is 0 Å². The van der Waals surface area contributed by atoms with E-state index in [-0.39, 0.29) is 0 Å². The summed E-state index contributed by atoms with van der Waals surface area (Å²) in [6, 6.07) is 7.07. The normalized spacial score (nSPS) is 9.83. The molecule has 0 saturated heterocycles. The summed E-state index contributed by atoms with van der Waals surface area (Å²) in [5.74, 6) is 0.292. The van der Waals surface area contributed by atoms with Crippen LogP contribution < -0.4 is 10.6 Å². The highest BCUT2D eigenvalue weighted by Gasteiger charge is 1.97. The molecule has 3 N–H and O–H groups in total. The van der Waals surface area contributed by atoms with Gasteiger partial charge in [-0.3, -0.25) is 0 Å². The minimum Gasteiger partial charge on any atom is -0.508 e. The lowest BCUT2D eigenvalue weighted by molar-refractivity contribution is 0.475. The first-order chi connectivity index (χ1) is 5.74. The quantitative estimate of drug-likeness (QED) is 0.698. The van der Waals surface area contributed by atoms with Crippen molar-refractivity contribution in [1.82, 2.24) is 0 Å². The van der Waals surface area contributed by atoms with Gasteiger partial charge in [0, 0.05) is 25.8 Å². The van der Waals surface area contributed by atoms with E-state index in [0.29, 0.717) is 12.3 Å². The van der Waals surface area contributed by atoms with Gasteiger partial charge in [0.15, 0.2) is 0 Å². The van der Waals surface area contributed by atoms with E-state index in [0.717, 1.165) is 12.2 Å². The number of phenols is 1. The summed E-state index contributed by atoms with van der Waals surface area (Å²) in [5.41, 5.74) is 6.47.